The lowest BCUT2D eigenvalue weighted by atomic mass is 9.72. The second-order valence-electron chi connectivity index (χ2n) is 11.2. The number of aromatic amines is 1. The fraction of sp³-hybridized carbons (Fsp3) is 0.481. The number of hydrogen-bond acceptors (Lipinski definition) is 7. The topological polar surface area (TPSA) is 125 Å². The molecule has 1 aromatic carbocycles. The van der Waals surface area contributed by atoms with Crippen molar-refractivity contribution in [1.82, 2.24) is 35.3 Å². The fourth-order valence-corrected chi connectivity index (χ4v) is 5.07. The molecule has 208 valence electrons. The molecule has 1 aliphatic carbocycles. The number of aromatic nitrogens is 6. The maximum absolute atomic E-state index is 13.9. The molecule has 0 unspecified atom stereocenters. The van der Waals surface area contributed by atoms with Crippen LogP contribution in [0.3, 0.4) is 0 Å². The van der Waals surface area contributed by atoms with Crippen molar-refractivity contribution in [2.75, 3.05) is 6.54 Å². The van der Waals surface area contributed by atoms with E-state index in [0.29, 0.717) is 17.2 Å². The Labute approximate surface area is 223 Å². The van der Waals surface area contributed by atoms with E-state index in [2.05, 4.69) is 30.7 Å². The SMILES string of the molecule is Cn1cnnc1[C@@H](c1cccc(-c2n[nH]c3c([C@@](C)(O)NCC(C)(C)O)nc(C(F)(F)F)cc23)c1)C1CCC1. The fourth-order valence-electron chi connectivity index (χ4n) is 5.07. The molecule has 12 heteroatoms. The number of fused-ring (bicyclic) bond motifs is 1. The highest BCUT2D eigenvalue weighted by molar-refractivity contribution is 5.94. The van der Waals surface area contributed by atoms with Crippen molar-refractivity contribution in [3.63, 3.8) is 0 Å². The Morgan fingerprint density at radius 2 is 1.90 bits per heavy atom. The molecule has 3 aromatic heterocycles. The molecule has 1 fully saturated rings. The van der Waals surface area contributed by atoms with E-state index in [1.165, 1.54) is 20.8 Å². The van der Waals surface area contributed by atoms with Gasteiger partial charge in [-0.1, -0.05) is 24.6 Å². The van der Waals surface area contributed by atoms with Gasteiger partial charge < -0.3 is 14.8 Å². The molecule has 0 saturated heterocycles. The molecule has 1 saturated carbocycles. The smallest absolute Gasteiger partial charge is 0.389 e. The highest BCUT2D eigenvalue weighted by atomic mass is 19.4. The molecule has 9 nitrogen and oxygen atoms in total. The van der Waals surface area contributed by atoms with Gasteiger partial charge in [-0.05, 0) is 57.2 Å². The van der Waals surface area contributed by atoms with E-state index in [1.54, 1.807) is 12.4 Å². The molecule has 0 amide bonds. The zero-order chi connectivity index (χ0) is 28.2. The number of nitrogens with zero attached hydrogens (tertiary/aromatic N) is 5. The number of aryl methyl sites for hydroxylation is 1. The first-order valence-electron chi connectivity index (χ1n) is 12.9. The van der Waals surface area contributed by atoms with Crippen LogP contribution in [-0.4, -0.2) is 52.3 Å². The lowest BCUT2D eigenvalue weighted by molar-refractivity contribution is -0.141. The van der Waals surface area contributed by atoms with E-state index in [4.69, 9.17) is 0 Å². The van der Waals surface area contributed by atoms with Crippen LogP contribution in [0.25, 0.3) is 22.2 Å². The van der Waals surface area contributed by atoms with Gasteiger partial charge in [-0.2, -0.15) is 18.3 Å². The Morgan fingerprint density at radius 1 is 1.15 bits per heavy atom. The van der Waals surface area contributed by atoms with Gasteiger partial charge in [0.25, 0.3) is 0 Å². The van der Waals surface area contributed by atoms with Crippen molar-refractivity contribution in [3.8, 4) is 11.3 Å². The minimum atomic E-state index is -4.76. The standard InChI is InChI=1S/C27H32F3N7O2/c1-25(2,38)13-31-26(3,39)23-22-18(12-19(33-23)27(28,29)30)21(34-35-22)17-10-6-9-16(11-17)20(15-7-5-8-15)24-36-32-14-37(24)4/h6,9-12,14-15,20,31,38-39H,5,7-8,13H2,1-4H3,(H,34,35)/t20-,26-/m1/s1. The zero-order valence-corrected chi connectivity index (χ0v) is 22.2. The number of halogens is 3. The van der Waals surface area contributed by atoms with Crippen molar-refractivity contribution >= 4 is 10.9 Å². The van der Waals surface area contributed by atoms with Crippen molar-refractivity contribution in [3.05, 3.63) is 59.4 Å². The van der Waals surface area contributed by atoms with Crippen LogP contribution in [0.5, 0.6) is 0 Å². The first-order chi connectivity index (χ1) is 18.2. The van der Waals surface area contributed by atoms with Gasteiger partial charge in [-0.15, -0.1) is 10.2 Å². The van der Waals surface area contributed by atoms with E-state index in [1.807, 2.05) is 29.8 Å². The molecule has 0 radical (unpaired) electrons. The molecule has 2 atom stereocenters. The summed E-state index contributed by atoms with van der Waals surface area (Å²) in [5.74, 6) is 1.22. The van der Waals surface area contributed by atoms with E-state index >= 15 is 0 Å². The van der Waals surface area contributed by atoms with Gasteiger partial charge in [0.1, 0.15) is 29.2 Å². The summed E-state index contributed by atoms with van der Waals surface area (Å²) in [6.45, 7) is 4.24. The quantitative estimate of drug-likeness (QED) is 0.245. The number of benzene rings is 1. The van der Waals surface area contributed by atoms with Crippen molar-refractivity contribution in [2.45, 2.75) is 63.5 Å². The molecular weight excluding hydrogens is 511 g/mol. The maximum atomic E-state index is 13.9. The summed E-state index contributed by atoms with van der Waals surface area (Å²) >= 11 is 0. The maximum Gasteiger partial charge on any atom is 0.433 e. The molecule has 0 bridgehead atoms. The summed E-state index contributed by atoms with van der Waals surface area (Å²) in [4.78, 5) is 3.77. The van der Waals surface area contributed by atoms with Crippen molar-refractivity contribution in [2.24, 2.45) is 13.0 Å². The van der Waals surface area contributed by atoms with Crippen LogP contribution in [0.2, 0.25) is 0 Å². The lowest BCUT2D eigenvalue weighted by Gasteiger charge is -2.33. The van der Waals surface area contributed by atoms with Crippen LogP contribution in [-0.2, 0) is 18.9 Å². The largest absolute Gasteiger partial charge is 0.433 e. The van der Waals surface area contributed by atoms with Gasteiger partial charge in [-0.3, -0.25) is 10.4 Å². The first kappa shape index (κ1) is 27.2. The summed E-state index contributed by atoms with van der Waals surface area (Å²) < 4.78 is 43.7. The predicted molar refractivity (Wildman–Crippen MR) is 138 cm³/mol. The van der Waals surface area contributed by atoms with E-state index in [0.717, 1.165) is 36.7 Å². The number of alkyl halides is 3. The molecule has 4 aromatic rings. The van der Waals surface area contributed by atoms with Gasteiger partial charge in [0.15, 0.2) is 5.72 Å². The monoisotopic (exact) mass is 543 g/mol. The summed E-state index contributed by atoms with van der Waals surface area (Å²) in [6.07, 6.45) is 0.164. The first-order valence-corrected chi connectivity index (χ1v) is 12.9. The van der Waals surface area contributed by atoms with E-state index < -0.39 is 23.2 Å². The normalized spacial score (nSPS) is 17.3. The van der Waals surface area contributed by atoms with Crippen LogP contribution < -0.4 is 5.32 Å². The summed E-state index contributed by atoms with van der Waals surface area (Å²) in [5.41, 5.74) is -2.55. The number of H-pyrrole nitrogens is 1. The van der Waals surface area contributed by atoms with Crippen molar-refractivity contribution in [1.29, 1.82) is 0 Å². The number of aliphatic hydroxyl groups is 2. The van der Waals surface area contributed by atoms with E-state index in [-0.39, 0.29) is 29.1 Å². The van der Waals surface area contributed by atoms with Gasteiger partial charge in [-0.25, -0.2) is 4.98 Å². The van der Waals surface area contributed by atoms with Crippen LogP contribution in [0.15, 0.2) is 36.7 Å². The summed E-state index contributed by atoms with van der Waals surface area (Å²) in [6, 6.07) is 8.54. The Balaban J connectivity index is 1.63. The second-order valence-corrected chi connectivity index (χ2v) is 11.2. The number of hydrogen-bond donors (Lipinski definition) is 4. The average molecular weight is 544 g/mol. The third kappa shape index (κ3) is 5.41. The van der Waals surface area contributed by atoms with Crippen LogP contribution >= 0.6 is 0 Å². The Hall–Kier alpha value is -3.35. The van der Waals surface area contributed by atoms with Crippen LogP contribution in [0, 0.1) is 5.92 Å². The van der Waals surface area contributed by atoms with Crippen molar-refractivity contribution < 1.29 is 23.4 Å². The number of pyridine rings is 1. The molecule has 39 heavy (non-hydrogen) atoms. The van der Waals surface area contributed by atoms with Gasteiger partial charge >= 0.3 is 6.18 Å². The summed E-state index contributed by atoms with van der Waals surface area (Å²) in [5, 5.41) is 39.7. The van der Waals surface area contributed by atoms with E-state index in [9.17, 15) is 23.4 Å². The van der Waals surface area contributed by atoms with Crippen LogP contribution in [0.1, 0.15) is 68.7 Å². The third-order valence-corrected chi connectivity index (χ3v) is 7.34. The minimum Gasteiger partial charge on any atom is -0.389 e. The second kappa shape index (κ2) is 9.68. The molecule has 0 aliphatic heterocycles. The van der Waals surface area contributed by atoms with Crippen LogP contribution in [0.4, 0.5) is 13.2 Å². The summed E-state index contributed by atoms with van der Waals surface area (Å²) in [7, 11) is 1.90. The molecule has 0 spiro atoms. The highest BCUT2D eigenvalue weighted by Gasteiger charge is 2.38. The lowest BCUT2D eigenvalue weighted by Crippen LogP contribution is -2.47. The highest BCUT2D eigenvalue weighted by Crippen LogP contribution is 2.44. The predicted octanol–water partition coefficient (Wildman–Crippen LogP) is 4.23. The molecule has 1 aliphatic rings. The van der Waals surface area contributed by atoms with Gasteiger partial charge in [0, 0.05) is 30.5 Å². The zero-order valence-electron chi connectivity index (χ0n) is 22.2. The van der Waals surface area contributed by atoms with Gasteiger partial charge in [0.05, 0.1) is 11.1 Å². The van der Waals surface area contributed by atoms with Gasteiger partial charge in [0.2, 0.25) is 0 Å². The third-order valence-electron chi connectivity index (χ3n) is 7.34. The average Bonchev–Trinajstić information content (AvgIpc) is 3.44. The molecule has 3 heterocycles. The molecular formula is C27H32F3N7O2. The Kier molecular flexibility index (Phi) is 6.76. The molecule has 5 rings (SSSR count). The number of rotatable bonds is 8. The minimum absolute atomic E-state index is 0.00820. The molecule has 4 N–H and O–H groups in total. The number of nitrogens with one attached hydrogen (secondary N) is 2. The Morgan fingerprint density at radius 3 is 2.49 bits per heavy atom. The Bertz CT molecular complexity index is 1480.